The van der Waals surface area contributed by atoms with E-state index in [1.807, 2.05) is 0 Å². The summed E-state index contributed by atoms with van der Waals surface area (Å²) in [4.78, 5) is 34.4. The van der Waals surface area contributed by atoms with Gasteiger partial charge in [-0.15, -0.1) is 0 Å². The second-order valence-electron chi connectivity index (χ2n) is 4.91. The fourth-order valence-corrected chi connectivity index (χ4v) is 1.98. The molecule has 24 heavy (non-hydrogen) atoms. The highest BCUT2D eigenvalue weighted by molar-refractivity contribution is 6.01. The lowest BCUT2D eigenvalue weighted by Gasteiger charge is -2.09. The zero-order valence-electron chi connectivity index (χ0n) is 13.3. The molecule has 0 heterocycles. The third-order valence-corrected chi connectivity index (χ3v) is 3.00. The van der Waals surface area contributed by atoms with Crippen LogP contribution in [-0.2, 0) is 9.53 Å². The molecule has 0 saturated carbocycles. The first kappa shape index (κ1) is 17.0. The van der Waals surface area contributed by atoms with E-state index < -0.39 is 12.0 Å². The number of hydrogen-bond acceptors (Lipinski definition) is 4. The number of esters is 1. The molecule has 2 aromatic carbocycles. The van der Waals surface area contributed by atoms with E-state index in [9.17, 15) is 14.4 Å². The van der Waals surface area contributed by atoms with Crippen molar-refractivity contribution in [3.63, 3.8) is 0 Å². The predicted octanol–water partition coefficient (Wildman–Crippen LogP) is 3.08. The van der Waals surface area contributed by atoms with E-state index in [1.54, 1.807) is 42.5 Å². The average Bonchev–Trinajstić information content (AvgIpc) is 2.55. The van der Waals surface area contributed by atoms with E-state index >= 15 is 0 Å². The Hall–Kier alpha value is -3.35. The minimum atomic E-state index is -0.479. The van der Waals surface area contributed by atoms with Gasteiger partial charge in [-0.1, -0.05) is 6.07 Å². The van der Waals surface area contributed by atoms with Crippen molar-refractivity contribution in [1.29, 1.82) is 0 Å². The van der Waals surface area contributed by atoms with Gasteiger partial charge < -0.3 is 20.7 Å². The van der Waals surface area contributed by atoms with Gasteiger partial charge in [0.2, 0.25) is 5.91 Å². The van der Waals surface area contributed by atoms with Gasteiger partial charge in [0.25, 0.3) is 0 Å². The predicted molar refractivity (Wildman–Crippen MR) is 91.2 cm³/mol. The van der Waals surface area contributed by atoms with Crippen LogP contribution >= 0.6 is 0 Å². The molecule has 7 heteroatoms. The number of urea groups is 1. The molecule has 0 fully saturated rings. The fraction of sp³-hybridized carbons (Fsp3) is 0.118. The minimum Gasteiger partial charge on any atom is -0.465 e. The summed E-state index contributed by atoms with van der Waals surface area (Å²) in [5.41, 5.74) is 2.00. The molecule has 3 amide bonds. The Kier molecular flexibility index (Phi) is 5.51. The van der Waals surface area contributed by atoms with E-state index in [0.29, 0.717) is 22.6 Å². The lowest BCUT2D eigenvalue weighted by atomic mass is 10.2. The van der Waals surface area contributed by atoms with Crippen LogP contribution in [0.25, 0.3) is 0 Å². The first-order valence-electron chi connectivity index (χ1n) is 7.12. The van der Waals surface area contributed by atoms with Crippen molar-refractivity contribution in [2.75, 3.05) is 23.1 Å². The van der Waals surface area contributed by atoms with Gasteiger partial charge in [0.1, 0.15) is 0 Å². The van der Waals surface area contributed by atoms with Crippen LogP contribution in [0.5, 0.6) is 0 Å². The summed E-state index contributed by atoms with van der Waals surface area (Å²) in [6.45, 7) is 1.42. The monoisotopic (exact) mass is 327 g/mol. The number of amides is 3. The number of hydrogen-bond donors (Lipinski definition) is 3. The van der Waals surface area contributed by atoms with Crippen LogP contribution < -0.4 is 16.0 Å². The van der Waals surface area contributed by atoms with Crippen LogP contribution in [-0.4, -0.2) is 25.0 Å². The van der Waals surface area contributed by atoms with Crippen molar-refractivity contribution in [1.82, 2.24) is 0 Å². The molecule has 0 radical (unpaired) electrons. The topological polar surface area (TPSA) is 96.5 Å². The summed E-state index contributed by atoms with van der Waals surface area (Å²) in [7, 11) is 1.29. The number of carbonyl (C=O) groups excluding carboxylic acids is 3. The molecule has 0 spiro atoms. The van der Waals surface area contributed by atoms with Gasteiger partial charge in [-0.2, -0.15) is 0 Å². The molecule has 0 atom stereocenters. The van der Waals surface area contributed by atoms with Gasteiger partial charge in [-0.05, 0) is 42.5 Å². The zero-order valence-corrected chi connectivity index (χ0v) is 13.3. The second-order valence-corrected chi connectivity index (χ2v) is 4.91. The maximum absolute atomic E-state index is 12.0. The molecule has 2 rings (SSSR count). The molecule has 0 unspecified atom stereocenters. The van der Waals surface area contributed by atoms with Crippen LogP contribution in [0, 0.1) is 0 Å². The fourth-order valence-electron chi connectivity index (χ4n) is 1.98. The van der Waals surface area contributed by atoms with Crippen molar-refractivity contribution >= 4 is 35.0 Å². The molecule has 0 aromatic heterocycles. The van der Waals surface area contributed by atoms with E-state index in [2.05, 4.69) is 20.7 Å². The Morgan fingerprint density at radius 2 is 1.42 bits per heavy atom. The summed E-state index contributed by atoms with van der Waals surface area (Å²) >= 11 is 0. The van der Waals surface area contributed by atoms with Crippen LogP contribution in [0.2, 0.25) is 0 Å². The SMILES string of the molecule is COC(=O)c1cccc(NC(=O)Nc2ccc(NC(C)=O)cc2)c1. The standard InChI is InChI=1S/C17H17N3O4/c1-11(21)18-13-6-8-14(9-7-13)19-17(23)20-15-5-3-4-12(10-15)16(22)24-2/h3-10H,1-2H3,(H,18,21)(H2,19,20,23). The third kappa shape index (κ3) is 4.84. The Morgan fingerprint density at radius 1 is 0.833 bits per heavy atom. The van der Waals surface area contributed by atoms with Crippen molar-refractivity contribution in [2.45, 2.75) is 6.92 Å². The first-order valence-corrected chi connectivity index (χ1v) is 7.12. The molecular formula is C17H17N3O4. The van der Waals surface area contributed by atoms with E-state index in [4.69, 9.17) is 0 Å². The first-order chi connectivity index (χ1) is 11.5. The Labute approximate surface area is 139 Å². The molecule has 0 saturated heterocycles. The van der Waals surface area contributed by atoms with E-state index in [1.165, 1.54) is 20.1 Å². The lowest BCUT2D eigenvalue weighted by molar-refractivity contribution is -0.114. The van der Waals surface area contributed by atoms with Gasteiger partial charge in [-0.3, -0.25) is 4.79 Å². The number of ether oxygens (including phenoxy) is 1. The van der Waals surface area contributed by atoms with Crippen molar-refractivity contribution in [2.24, 2.45) is 0 Å². The minimum absolute atomic E-state index is 0.168. The number of carbonyl (C=O) groups is 3. The van der Waals surface area contributed by atoms with Crippen molar-refractivity contribution < 1.29 is 19.1 Å². The quantitative estimate of drug-likeness (QED) is 0.752. The van der Waals surface area contributed by atoms with Crippen LogP contribution in [0.1, 0.15) is 17.3 Å². The number of methoxy groups -OCH3 is 1. The van der Waals surface area contributed by atoms with E-state index in [-0.39, 0.29) is 5.91 Å². The molecule has 7 nitrogen and oxygen atoms in total. The zero-order chi connectivity index (χ0) is 17.5. The van der Waals surface area contributed by atoms with Gasteiger partial charge >= 0.3 is 12.0 Å². The van der Waals surface area contributed by atoms with Gasteiger partial charge in [0, 0.05) is 24.0 Å². The Balaban J connectivity index is 1.98. The number of benzene rings is 2. The molecule has 0 bridgehead atoms. The summed E-state index contributed by atoms with van der Waals surface area (Å²) in [5, 5.41) is 7.92. The highest BCUT2D eigenvalue weighted by Crippen LogP contribution is 2.15. The van der Waals surface area contributed by atoms with E-state index in [0.717, 1.165) is 0 Å². The second kappa shape index (κ2) is 7.77. The lowest BCUT2D eigenvalue weighted by Crippen LogP contribution is -2.19. The molecule has 3 N–H and O–H groups in total. The third-order valence-electron chi connectivity index (χ3n) is 3.00. The largest absolute Gasteiger partial charge is 0.465 e. The molecule has 124 valence electrons. The summed E-state index contributed by atoms with van der Waals surface area (Å²) in [5.74, 6) is -0.647. The summed E-state index contributed by atoms with van der Waals surface area (Å²) < 4.78 is 4.63. The maximum atomic E-state index is 12.0. The number of anilines is 3. The van der Waals surface area contributed by atoms with Crippen LogP contribution in [0.3, 0.4) is 0 Å². The number of rotatable bonds is 4. The maximum Gasteiger partial charge on any atom is 0.337 e. The summed E-state index contributed by atoms with van der Waals surface area (Å²) in [6, 6.07) is 12.6. The highest BCUT2D eigenvalue weighted by atomic mass is 16.5. The van der Waals surface area contributed by atoms with Gasteiger partial charge in [-0.25, -0.2) is 9.59 Å². The van der Waals surface area contributed by atoms with Crippen LogP contribution in [0.4, 0.5) is 21.9 Å². The smallest absolute Gasteiger partial charge is 0.337 e. The normalized spacial score (nSPS) is 9.75. The van der Waals surface area contributed by atoms with Crippen molar-refractivity contribution in [3.05, 3.63) is 54.1 Å². The van der Waals surface area contributed by atoms with Crippen LogP contribution in [0.15, 0.2) is 48.5 Å². The molecule has 0 aliphatic rings. The summed E-state index contributed by atoms with van der Waals surface area (Å²) in [6.07, 6.45) is 0. The highest BCUT2D eigenvalue weighted by Gasteiger charge is 2.08. The van der Waals surface area contributed by atoms with Gasteiger partial charge in [0.15, 0.2) is 0 Å². The molecule has 0 aliphatic carbocycles. The average molecular weight is 327 g/mol. The molecule has 2 aromatic rings. The molecule has 0 aliphatic heterocycles. The van der Waals surface area contributed by atoms with Crippen molar-refractivity contribution in [3.8, 4) is 0 Å². The Morgan fingerprint density at radius 3 is 2.00 bits per heavy atom. The number of nitrogens with one attached hydrogen (secondary N) is 3. The Bertz CT molecular complexity index is 757. The molecular weight excluding hydrogens is 310 g/mol. The van der Waals surface area contributed by atoms with Gasteiger partial charge in [0.05, 0.1) is 12.7 Å².